The van der Waals surface area contributed by atoms with E-state index < -0.39 is 23.4 Å². The summed E-state index contributed by atoms with van der Waals surface area (Å²) >= 11 is 0. The molecule has 17 heavy (non-hydrogen) atoms. The Kier molecular flexibility index (Phi) is 13.2. The van der Waals surface area contributed by atoms with Crippen LogP contribution in [-0.2, 0) is 9.59 Å². The summed E-state index contributed by atoms with van der Waals surface area (Å²) in [6.45, 7) is 2.60. The molecule has 0 aromatic heterocycles. The van der Waals surface area contributed by atoms with Crippen LogP contribution in [0.4, 0.5) is 0 Å². The molecule has 0 spiro atoms. The largest absolute Gasteiger partial charge is 2.00 e. The van der Waals surface area contributed by atoms with Gasteiger partial charge < -0.3 is 30.9 Å². The predicted octanol–water partition coefficient (Wildman–Crippen LogP) is -3.58. The van der Waals surface area contributed by atoms with E-state index in [2.05, 4.69) is 5.32 Å². The summed E-state index contributed by atoms with van der Waals surface area (Å²) in [6, 6.07) is 0. The van der Waals surface area contributed by atoms with Crippen LogP contribution >= 0.6 is 0 Å². The Labute approximate surface area is 130 Å². The molecule has 0 saturated heterocycles. The molecule has 0 aromatic carbocycles. The van der Waals surface area contributed by atoms with Crippen LogP contribution in [0.1, 0.15) is 20.3 Å². The van der Waals surface area contributed by atoms with E-state index in [0.29, 0.717) is 0 Å². The Bertz CT molecular complexity index is 246. The van der Waals surface area contributed by atoms with Crippen LogP contribution < -0.4 is 10.4 Å². The number of carbonyl (C=O) groups is 2. The van der Waals surface area contributed by atoms with E-state index in [1.165, 1.54) is 13.8 Å². The van der Waals surface area contributed by atoms with E-state index in [4.69, 9.17) is 5.11 Å². The molecular formula is C9H18CaNO6+. The normalized spacial score (nSPS) is 11.8. The number of carboxylic acid groups (broad SMARTS) is 1. The fourth-order valence-electron chi connectivity index (χ4n) is 0.826. The smallest absolute Gasteiger partial charge is 0.550 e. The molecule has 0 rings (SSSR count). The molecule has 0 fully saturated rings. The first kappa shape index (κ1) is 22.3. The zero-order valence-electron chi connectivity index (χ0n) is 10.0. The molecule has 0 aromatic rings. The van der Waals surface area contributed by atoms with Crippen molar-refractivity contribution in [2.24, 2.45) is 5.41 Å². The minimum atomic E-state index is -1.37. The number of aliphatic hydroxyl groups is 2. The quantitative estimate of drug-likeness (QED) is 0.430. The molecule has 7 nitrogen and oxygen atoms in total. The van der Waals surface area contributed by atoms with Crippen LogP contribution in [0.15, 0.2) is 0 Å². The number of aliphatic carboxylic acids is 1. The minimum Gasteiger partial charge on any atom is -0.550 e. The molecule has 0 aliphatic carbocycles. The average molecular weight is 276 g/mol. The van der Waals surface area contributed by atoms with Crippen molar-refractivity contribution < 1.29 is 30.4 Å². The van der Waals surface area contributed by atoms with Crippen molar-refractivity contribution in [3.05, 3.63) is 0 Å². The van der Waals surface area contributed by atoms with Crippen molar-refractivity contribution in [3.63, 3.8) is 0 Å². The second kappa shape index (κ2) is 10.0. The van der Waals surface area contributed by atoms with Crippen molar-refractivity contribution in [2.75, 3.05) is 13.2 Å². The number of carbonyl (C=O) groups excluding carboxylic acids is 2. The molecule has 0 aliphatic rings. The van der Waals surface area contributed by atoms with Crippen molar-refractivity contribution in [1.82, 2.24) is 5.32 Å². The summed E-state index contributed by atoms with van der Waals surface area (Å²) in [5, 5.41) is 30.6. The van der Waals surface area contributed by atoms with Crippen LogP contribution in [0.5, 0.6) is 0 Å². The Morgan fingerprint density at radius 1 is 1.41 bits per heavy atom. The number of rotatable bonds is 6. The van der Waals surface area contributed by atoms with Crippen LogP contribution in [0.2, 0.25) is 0 Å². The van der Waals surface area contributed by atoms with Crippen molar-refractivity contribution >= 4 is 49.6 Å². The third-order valence-electron chi connectivity index (χ3n) is 2.02. The average Bonchev–Trinajstić information content (AvgIpc) is 2.15. The topological polar surface area (TPSA) is 141 Å². The Morgan fingerprint density at radius 2 is 1.88 bits per heavy atom. The van der Waals surface area contributed by atoms with Gasteiger partial charge in [-0.3, -0.25) is 4.79 Å². The van der Waals surface area contributed by atoms with E-state index in [0.717, 1.165) is 0 Å². The minimum absolute atomic E-state index is 0. The SMILES string of the molecule is CC(C)(CO)C(O)C(=O)NCCC(=O)[O-].O.[Ca+2]. The van der Waals surface area contributed by atoms with Gasteiger partial charge in [0, 0.05) is 24.3 Å². The number of hydrogen-bond donors (Lipinski definition) is 3. The van der Waals surface area contributed by atoms with Crippen LogP contribution in [0.25, 0.3) is 0 Å². The van der Waals surface area contributed by atoms with Gasteiger partial charge in [0.15, 0.2) is 0 Å². The van der Waals surface area contributed by atoms with Crippen LogP contribution in [-0.4, -0.2) is 84.6 Å². The molecule has 0 heterocycles. The summed E-state index contributed by atoms with van der Waals surface area (Å²) in [5.74, 6) is -1.97. The number of hydrogen-bond acceptors (Lipinski definition) is 5. The van der Waals surface area contributed by atoms with E-state index in [1.807, 2.05) is 0 Å². The standard InChI is InChI=1S/C9H17NO5.Ca.H2O/c1-9(2,5-11)7(14)8(15)10-4-3-6(12)13;;/h7,11,14H,3-5H2,1-2H3,(H,10,15)(H,12,13);;1H2/q;+2;/p-1. The van der Waals surface area contributed by atoms with Gasteiger partial charge in [0.05, 0.1) is 6.61 Å². The maximum Gasteiger partial charge on any atom is 2.00 e. The molecular weight excluding hydrogens is 258 g/mol. The Balaban J connectivity index is -0.000000980. The summed E-state index contributed by atoms with van der Waals surface area (Å²) < 4.78 is 0. The molecule has 5 N–H and O–H groups in total. The summed E-state index contributed by atoms with van der Waals surface area (Å²) in [4.78, 5) is 21.3. The van der Waals surface area contributed by atoms with Gasteiger partial charge in [-0.15, -0.1) is 0 Å². The van der Waals surface area contributed by atoms with E-state index >= 15 is 0 Å². The van der Waals surface area contributed by atoms with E-state index in [-0.39, 0.29) is 62.8 Å². The van der Waals surface area contributed by atoms with Gasteiger partial charge in [0.2, 0.25) is 5.91 Å². The van der Waals surface area contributed by atoms with Gasteiger partial charge in [-0.25, -0.2) is 0 Å². The molecule has 96 valence electrons. The van der Waals surface area contributed by atoms with Gasteiger partial charge >= 0.3 is 37.7 Å². The molecule has 0 radical (unpaired) electrons. The molecule has 1 unspecified atom stereocenters. The molecule has 0 bridgehead atoms. The third-order valence-corrected chi connectivity index (χ3v) is 2.02. The van der Waals surface area contributed by atoms with E-state index in [1.54, 1.807) is 0 Å². The molecule has 1 atom stereocenters. The summed E-state index contributed by atoms with van der Waals surface area (Å²) in [5.41, 5.74) is -0.953. The second-order valence-electron chi connectivity index (χ2n) is 3.96. The maximum absolute atomic E-state index is 11.2. The number of amides is 1. The number of carboxylic acids is 1. The maximum atomic E-state index is 11.2. The molecule has 0 saturated carbocycles. The Morgan fingerprint density at radius 3 is 2.24 bits per heavy atom. The van der Waals surface area contributed by atoms with Gasteiger partial charge in [0.25, 0.3) is 0 Å². The van der Waals surface area contributed by atoms with Gasteiger partial charge in [-0.05, 0) is 0 Å². The predicted molar refractivity (Wildman–Crippen MR) is 58.9 cm³/mol. The van der Waals surface area contributed by atoms with Crippen LogP contribution in [0, 0.1) is 5.41 Å². The first-order chi connectivity index (χ1) is 6.81. The van der Waals surface area contributed by atoms with Crippen LogP contribution in [0.3, 0.4) is 0 Å². The second-order valence-corrected chi connectivity index (χ2v) is 3.96. The fraction of sp³-hybridized carbons (Fsp3) is 0.778. The molecule has 0 aliphatic heterocycles. The number of aliphatic hydroxyl groups excluding tert-OH is 2. The monoisotopic (exact) mass is 276 g/mol. The zero-order chi connectivity index (χ0) is 12.1. The molecule has 1 amide bonds. The van der Waals surface area contributed by atoms with Gasteiger partial charge in [-0.2, -0.15) is 0 Å². The van der Waals surface area contributed by atoms with Crippen molar-refractivity contribution in [3.8, 4) is 0 Å². The summed E-state index contributed by atoms with van der Waals surface area (Å²) in [7, 11) is 0. The Hall–Kier alpha value is 0.0797. The zero-order valence-corrected chi connectivity index (χ0v) is 12.2. The fourth-order valence-corrected chi connectivity index (χ4v) is 0.826. The van der Waals surface area contributed by atoms with Gasteiger partial charge in [0.1, 0.15) is 6.10 Å². The van der Waals surface area contributed by atoms with E-state index in [9.17, 15) is 19.8 Å². The van der Waals surface area contributed by atoms with Crippen molar-refractivity contribution in [1.29, 1.82) is 0 Å². The first-order valence-electron chi connectivity index (χ1n) is 4.57. The number of nitrogens with one attached hydrogen (secondary N) is 1. The molecule has 8 heteroatoms. The first-order valence-corrected chi connectivity index (χ1v) is 4.57. The third kappa shape index (κ3) is 8.76. The van der Waals surface area contributed by atoms with Gasteiger partial charge in [-0.1, -0.05) is 13.8 Å². The summed E-state index contributed by atoms with van der Waals surface area (Å²) in [6.07, 6.45) is -1.68. The van der Waals surface area contributed by atoms with Crippen molar-refractivity contribution in [2.45, 2.75) is 26.4 Å².